The molecule has 522 valence electrons. The summed E-state index contributed by atoms with van der Waals surface area (Å²) in [5.41, 5.74) is 10.6. The van der Waals surface area contributed by atoms with Crippen LogP contribution in [0.2, 0.25) is 0 Å². The molecule has 2 atom stereocenters. The number of nitrogens with zero attached hydrogens (tertiary/aromatic N) is 6. The van der Waals surface area contributed by atoms with Crippen LogP contribution in [0, 0.1) is 23.5 Å². The fourth-order valence-corrected chi connectivity index (χ4v) is 13.0. The lowest BCUT2D eigenvalue weighted by Gasteiger charge is -2.33. The van der Waals surface area contributed by atoms with Crippen LogP contribution in [0.5, 0.6) is 0 Å². The Hall–Kier alpha value is -6.21. The Balaban J connectivity index is 0.000000244. The van der Waals surface area contributed by atoms with Crippen molar-refractivity contribution in [2.75, 3.05) is 121 Å². The quantitative estimate of drug-likeness (QED) is 0.0311. The van der Waals surface area contributed by atoms with E-state index in [-0.39, 0.29) is 47.4 Å². The number of carbonyl (C=O) groups excluding carboxylic acids is 3. The average molecular weight is 1440 g/mol. The van der Waals surface area contributed by atoms with Gasteiger partial charge in [-0.25, -0.2) is 8.78 Å². The van der Waals surface area contributed by atoms with E-state index in [1.807, 2.05) is 72.8 Å². The van der Waals surface area contributed by atoms with Crippen LogP contribution in [-0.2, 0) is 44.1 Å². The summed E-state index contributed by atoms with van der Waals surface area (Å²) in [7, 11) is 13.6. The van der Waals surface area contributed by atoms with Gasteiger partial charge in [-0.2, -0.15) is 13.2 Å². The number of hydrogen-bond acceptors (Lipinski definition) is 10. The Labute approximate surface area is 584 Å². The van der Waals surface area contributed by atoms with Gasteiger partial charge in [-0.05, 0) is 196 Å². The molecule has 0 aliphatic carbocycles. The van der Waals surface area contributed by atoms with Crippen LogP contribution in [0.25, 0.3) is 22.3 Å². The van der Waals surface area contributed by atoms with Gasteiger partial charge in [-0.3, -0.25) is 29.2 Å². The van der Waals surface area contributed by atoms with Gasteiger partial charge >= 0.3 is 6.18 Å². The summed E-state index contributed by atoms with van der Waals surface area (Å²) < 4.78 is 63.6. The van der Waals surface area contributed by atoms with Gasteiger partial charge < -0.3 is 64.1 Å². The molecule has 10 rings (SSSR count). The number of carboxylic acid groups (broad SMARTS) is 1. The Morgan fingerprint density at radius 3 is 1.18 bits per heavy atom. The first kappa shape index (κ1) is 77.1. The molecule has 20 heteroatoms. The molecule has 96 heavy (non-hydrogen) atoms. The third kappa shape index (κ3) is 25.9. The molecule has 4 saturated heterocycles. The van der Waals surface area contributed by atoms with Crippen molar-refractivity contribution in [3.05, 3.63) is 190 Å². The standard InChI is InChI=1S/2C37H50FN5O.C2HF3O2.HI/c2*1-28-25-42(19-16-39-28)27-31-7-5-9-33(21-31)35-23-30(11-12-36(35)38)24-40-37(44)34-10-6-8-32(22-34)26-41-17-13-29(14-18-41)15-20-43(2,3)4;3-2(4,5)1(6)7;/h2*5-12,21-23,28-29,39H,13-20,24-27H2,1-4H3;(H,6,7);1H/t2*28-;;/m00../s1. The van der Waals surface area contributed by atoms with Gasteiger partial charge in [0.15, 0.2) is 0 Å². The number of piperazine rings is 2. The first-order valence-corrected chi connectivity index (χ1v) is 33.9. The van der Waals surface area contributed by atoms with Gasteiger partial charge in [0, 0.05) is 113 Å². The molecule has 4 fully saturated rings. The highest BCUT2D eigenvalue weighted by Crippen LogP contribution is 2.30. The maximum absolute atomic E-state index is 15.0. The molecule has 6 aromatic rings. The molecule has 4 aliphatic heterocycles. The van der Waals surface area contributed by atoms with Crippen molar-refractivity contribution in [1.82, 2.24) is 40.9 Å². The molecule has 4 heterocycles. The maximum atomic E-state index is 15.0. The van der Waals surface area contributed by atoms with Crippen molar-refractivity contribution < 1.29 is 74.4 Å². The zero-order valence-corrected chi connectivity index (χ0v) is 59.7. The second-order valence-electron chi connectivity index (χ2n) is 28.8. The van der Waals surface area contributed by atoms with Crippen LogP contribution < -0.4 is 50.4 Å². The van der Waals surface area contributed by atoms with Crippen LogP contribution in [0.3, 0.4) is 0 Å². The van der Waals surface area contributed by atoms with E-state index in [9.17, 15) is 31.5 Å². The highest BCUT2D eigenvalue weighted by atomic mass is 127. The minimum Gasteiger partial charge on any atom is -1.00 e. The zero-order valence-electron chi connectivity index (χ0n) is 57.6. The number of amides is 2. The van der Waals surface area contributed by atoms with E-state index in [1.165, 1.54) is 86.0 Å². The summed E-state index contributed by atoms with van der Waals surface area (Å²) in [6, 6.07) is 43.5. The lowest BCUT2D eigenvalue weighted by Crippen LogP contribution is -3.00. The third-order valence-corrected chi connectivity index (χ3v) is 18.4. The number of alkyl halides is 3. The number of carbonyl (C=O) groups is 3. The van der Waals surface area contributed by atoms with Crippen LogP contribution in [-0.4, -0.2) is 185 Å². The van der Waals surface area contributed by atoms with E-state index in [4.69, 9.17) is 9.90 Å². The number of hydrogen-bond donors (Lipinski definition) is 4. The number of halogens is 6. The molecule has 6 aromatic carbocycles. The van der Waals surface area contributed by atoms with Crippen molar-refractivity contribution in [3.8, 4) is 22.3 Å². The predicted molar refractivity (Wildman–Crippen MR) is 366 cm³/mol. The number of aliphatic carboxylic acids is 1. The normalized spacial score (nSPS) is 18.1. The fourth-order valence-electron chi connectivity index (χ4n) is 13.0. The number of piperidine rings is 2. The summed E-state index contributed by atoms with van der Waals surface area (Å²) in [4.78, 5) is 44.9. The van der Waals surface area contributed by atoms with Crippen molar-refractivity contribution in [3.63, 3.8) is 0 Å². The molecule has 4 aliphatic rings. The monoisotopic (exact) mass is 1440 g/mol. The van der Waals surface area contributed by atoms with Crippen LogP contribution >= 0.6 is 0 Å². The van der Waals surface area contributed by atoms with E-state index in [0.29, 0.717) is 47.4 Å². The Morgan fingerprint density at radius 2 is 0.833 bits per heavy atom. The van der Waals surface area contributed by atoms with Gasteiger partial charge in [-0.1, -0.05) is 72.8 Å². The molecule has 0 saturated carbocycles. The number of quaternary nitrogens is 2. The lowest BCUT2D eigenvalue weighted by atomic mass is 9.93. The third-order valence-electron chi connectivity index (χ3n) is 18.4. The zero-order chi connectivity index (χ0) is 68.3. The first-order chi connectivity index (χ1) is 45.2. The van der Waals surface area contributed by atoms with E-state index < -0.39 is 12.1 Å². The molecular formula is C76H102F5IN10O4. The summed E-state index contributed by atoms with van der Waals surface area (Å²) in [5, 5.41) is 21.9. The highest BCUT2D eigenvalue weighted by molar-refractivity contribution is 5.95. The Bertz CT molecular complexity index is 3240. The van der Waals surface area contributed by atoms with Gasteiger partial charge in [0.2, 0.25) is 0 Å². The summed E-state index contributed by atoms with van der Waals surface area (Å²) in [5.74, 6) is -2.09. The van der Waals surface area contributed by atoms with Gasteiger partial charge in [-0.15, -0.1) is 0 Å². The molecule has 2 amide bonds. The van der Waals surface area contributed by atoms with Gasteiger partial charge in [0.05, 0.1) is 55.4 Å². The highest BCUT2D eigenvalue weighted by Gasteiger charge is 2.29. The van der Waals surface area contributed by atoms with E-state index >= 15 is 0 Å². The second kappa shape index (κ2) is 36.6. The SMILES string of the molecule is C[C@H]1CN(Cc2cccc(-c3cc(CNC(=O)c4cccc(CN5CCC(CC[N+](C)(C)C)CC5)c4)ccc3F)c2)CCN1.C[C@H]1CN(Cc2cccc(-c3cc(CNC(=O)c4cccc(CN5CCC(CC[N+](C)(C)C)CC5)c4)ccc3F)c2)CCN1.O=C([O-])C(F)(F)F.[I-]. The second-order valence-corrected chi connectivity index (χ2v) is 28.8. The molecule has 0 bridgehead atoms. The number of benzene rings is 6. The minimum absolute atomic E-state index is 0. The first-order valence-electron chi connectivity index (χ1n) is 33.9. The Morgan fingerprint density at radius 1 is 0.490 bits per heavy atom. The summed E-state index contributed by atoms with van der Waals surface area (Å²) in [6.07, 6.45) is 2.40. The summed E-state index contributed by atoms with van der Waals surface area (Å²) in [6.45, 7) is 21.5. The summed E-state index contributed by atoms with van der Waals surface area (Å²) >= 11 is 0. The van der Waals surface area contributed by atoms with Crippen molar-refractivity contribution in [1.29, 1.82) is 0 Å². The van der Waals surface area contributed by atoms with Crippen molar-refractivity contribution in [2.45, 2.75) is 110 Å². The van der Waals surface area contributed by atoms with Gasteiger partial charge in [0.1, 0.15) is 17.6 Å². The molecule has 0 aromatic heterocycles. The number of carboxylic acids is 1. The maximum Gasteiger partial charge on any atom is 0.430 e. The lowest BCUT2D eigenvalue weighted by molar-refractivity contribution is -0.871. The molecule has 0 unspecified atom stereocenters. The fraction of sp³-hybridized carbons (Fsp3) is 0.487. The average Bonchev–Trinajstić information content (AvgIpc) is 0.845. The van der Waals surface area contributed by atoms with Crippen LogP contribution in [0.15, 0.2) is 133 Å². The van der Waals surface area contributed by atoms with Crippen LogP contribution in [0.4, 0.5) is 22.0 Å². The van der Waals surface area contributed by atoms with Gasteiger partial charge in [0.25, 0.3) is 11.8 Å². The molecule has 0 spiro atoms. The largest absolute Gasteiger partial charge is 1.00 e. The number of nitrogens with one attached hydrogen (secondary N) is 4. The van der Waals surface area contributed by atoms with E-state index in [1.54, 1.807) is 12.1 Å². The molecule has 4 N–H and O–H groups in total. The Kier molecular flexibility index (Phi) is 29.4. The smallest absolute Gasteiger partial charge is 0.430 e. The molecule has 14 nitrogen and oxygen atoms in total. The number of likely N-dealkylation sites (tertiary alicyclic amines) is 2. The predicted octanol–water partition coefficient (Wildman–Crippen LogP) is 7.35. The van der Waals surface area contributed by atoms with Crippen molar-refractivity contribution >= 4 is 17.8 Å². The minimum atomic E-state index is -5.19. The van der Waals surface area contributed by atoms with Crippen LogP contribution in [0.1, 0.15) is 106 Å². The molecular weight excluding hydrogens is 1340 g/mol. The number of rotatable bonds is 22. The molecule has 0 radical (unpaired) electrons. The van der Waals surface area contributed by atoms with Crippen molar-refractivity contribution in [2.24, 2.45) is 11.8 Å². The van der Waals surface area contributed by atoms with E-state index in [0.717, 1.165) is 135 Å². The topological polar surface area (TPSA) is 135 Å². The van der Waals surface area contributed by atoms with E-state index in [2.05, 4.69) is 133 Å².